The van der Waals surface area contributed by atoms with Crippen LogP contribution < -0.4 is 10.9 Å². The van der Waals surface area contributed by atoms with E-state index in [-0.39, 0.29) is 23.3 Å². The van der Waals surface area contributed by atoms with Crippen LogP contribution in [0.3, 0.4) is 0 Å². The van der Waals surface area contributed by atoms with Gasteiger partial charge in [-0.25, -0.2) is 13.8 Å². The molecule has 1 saturated carbocycles. The van der Waals surface area contributed by atoms with Crippen LogP contribution >= 0.6 is 11.8 Å². The van der Waals surface area contributed by atoms with Crippen LogP contribution in [0, 0.1) is 11.6 Å². The number of fused-ring (bicyclic) bond motifs is 1. The first-order valence-corrected chi connectivity index (χ1v) is 12.5. The van der Waals surface area contributed by atoms with Crippen molar-refractivity contribution in [3.63, 3.8) is 0 Å². The molecule has 178 valence electrons. The number of nitrogens with one attached hydrogen (secondary N) is 1. The zero-order chi connectivity index (χ0) is 24.4. The van der Waals surface area contributed by atoms with E-state index in [9.17, 15) is 18.4 Å². The molecule has 3 aromatic carbocycles. The Morgan fingerprint density at radius 2 is 1.77 bits per heavy atom. The predicted molar refractivity (Wildman–Crippen MR) is 133 cm³/mol. The van der Waals surface area contributed by atoms with Gasteiger partial charge in [0.25, 0.3) is 11.5 Å². The SMILES string of the molecule is O=C(NC1CCCC1)c1ccc2c(=O)n(-c3cccc(F)c3)c(SCc3ccc(F)cc3)nc2c1. The number of carbonyl (C=O) groups excluding carboxylic acids is 1. The largest absolute Gasteiger partial charge is 0.349 e. The lowest BCUT2D eigenvalue weighted by Gasteiger charge is -2.15. The van der Waals surface area contributed by atoms with Gasteiger partial charge in [0.05, 0.1) is 16.6 Å². The summed E-state index contributed by atoms with van der Waals surface area (Å²) in [5.74, 6) is -0.559. The first-order valence-electron chi connectivity index (χ1n) is 11.5. The molecule has 0 unspecified atom stereocenters. The van der Waals surface area contributed by atoms with Crippen LogP contribution in [0.2, 0.25) is 0 Å². The smallest absolute Gasteiger partial charge is 0.266 e. The number of rotatable bonds is 6. The molecule has 5 rings (SSSR count). The topological polar surface area (TPSA) is 64.0 Å². The maximum atomic E-state index is 14.0. The highest BCUT2D eigenvalue weighted by molar-refractivity contribution is 7.98. The van der Waals surface area contributed by atoms with Crippen molar-refractivity contribution in [3.05, 3.63) is 99.8 Å². The summed E-state index contributed by atoms with van der Waals surface area (Å²) in [5.41, 5.74) is 1.68. The number of thioether (sulfide) groups is 1. The molecule has 0 bridgehead atoms. The molecule has 0 saturated heterocycles. The van der Waals surface area contributed by atoms with E-state index >= 15 is 0 Å². The number of carbonyl (C=O) groups is 1. The van der Waals surface area contributed by atoms with Crippen LogP contribution in [0.15, 0.2) is 76.7 Å². The van der Waals surface area contributed by atoms with E-state index in [0.29, 0.717) is 33.1 Å². The first-order chi connectivity index (χ1) is 17.0. The summed E-state index contributed by atoms with van der Waals surface area (Å²) < 4.78 is 28.7. The Balaban J connectivity index is 1.55. The Morgan fingerprint density at radius 3 is 2.51 bits per heavy atom. The number of halogens is 2. The number of nitrogens with zero attached hydrogens (tertiary/aromatic N) is 2. The van der Waals surface area contributed by atoms with Gasteiger partial charge >= 0.3 is 0 Å². The number of amides is 1. The molecular weight excluding hydrogens is 468 g/mol. The number of aromatic nitrogens is 2. The summed E-state index contributed by atoms with van der Waals surface area (Å²) in [6.07, 6.45) is 4.16. The Labute approximate surface area is 205 Å². The summed E-state index contributed by atoms with van der Waals surface area (Å²) >= 11 is 1.28. The number of hydrogen-bond acceptors (Lipinski definition) is 4. The molecule has 0 spiro atoms. The third kappa shape index (κ3) is 5.12. The molecule has 5 nitrogen and oxygen atoms in total. The van der Waals surface area contributed by atoms with Gasteiger partial charge < -0.3 is 5.32 Å². The second-order valence-electron chi connectivity index (χ2n) is 8.62. The lowest BCUT2D eigenvalue weighted by Crippen LogP contribution is -2.32. The van der Waals surface area contributed by atoms with Gasteiger partial charge in [-0.05, 0) is 66.9 Å². The Hall–Kier alpha value is -3.52. The highest BCUT2D eigenvalue weighted by Gasteiger charge is 2.20. The highest BCUT2D eigenvalue weighted by Crippen LogP contribution is 2.26. The summed E-state index contributed by atoms with van der Waals surface area (Å²) in [7, 11) is 0. The molecule has 8 heteroatoms. The third-order valence-corrected chi connectivity index (χ3v) is 7.15. The number of hydrogen-bond donors (Lipinski definition) is 1. The van der Waals surface area contributed by atoms with Gasteiger partial charge in [-0.2, -0.15) is 0 Å². The van der Waals surface area contributed by atoms with E-state index in [4.69, 9.17) is 4.98 Å². The second kappa shape index (κ2) is 10.00. The maximum Gasteiger partial charge on any atom is 0.266 e. The average Bonchev–Trinajstić information content (AvgIpc) is 3.36. The minimum atomic E-state index is -0.470. The van der Waals surface area contributed by atoms with Crippen molar-refractivity contribution in [2.24, 2.45) is 0 Å². The molecule has 1 N–H and O–H groups in total. The van der Waals surface area contributed by atoms with E-state index in [1.165, 1.54) is 46.7 Å². The third-order valence-electron chi connectivity index (χ3n) is 6.14. The monoisotopic (exact) mass is 491 g/mol. The fourth-order valence-electron chi connectivity index (χ4n) is 4.31. The first kappa shape index (κ1) is 23.2. The van der Waals surface area contributed by atoms with Crippen molar-refractivity contribution >= 4 is 28.6 Å². The minimum absolute atomic E-state index is 0.175. The quantitative estimate of drug-likeness (QED) is 0.281. The van der Waals surface area contributed by atoms with Gasteiger partial charge in [0.1, 0.15) is 11.6 Å². The zero-order valence-electron chi connectivity index (χ0n) is 18.8. The van der Waals surface area contributed by atoms with E-state index in [2.05, 4.69) is 5.32 Å². The molecule has 4 aromatic rings. The summed E-state index contributed by atoms with van der Waals surface area (Å²) in [6.45, 7) is 0. The summed E-state index contributed by atoms with van der Waals surface area (Å²) in [6, 6.07) is 16.9. The van der Waals surface area contributed by atoms with Gasteiger partial charge in [-0.15, -0.1) is 0 Å². The van der Waals surface area contributed by atoms with E-state index in [0.717, 1.165) is 31.2 Å². The highest BCUT2D eigenvalue weighted by atomic mass is 32.2. The van der Waals surface area contributed by atoms with Crippen molar-refractivity contribution in [3.8, 4) is 5.69 Å². The van der Waals surface area contributed by atoms with Gasteiger partial charge in [0.15, 0.2) is 5.16 Å². The lowest BCUT2D eigenvalue weighted by molar-refractivity contribution is 0.0938. The molecule has 1 aliphatic rings. The minimum Gasteiger partial charge on any atom is -0.349 e. The van der Waals surface area contributed by atoms with E-state index in [1.807, 2.05) is 0 Å². The lowest BCUT2D eigenvalue weighted by atomic mass is 10.1. The van der Waals surface area contributed by atoms with E-state index < -0.39 is 5.82 Å². The molecule has 1 aromatic heterocycles. The van der Waals surface area contributed by atoms with Crippen LogP contribution in [0.25, 0.3) is 16.6 Å². The molecule has 1 aliphatic carbocycles. The van der Waals surface area contributed by atoms with Gasteiger partial charge in [0, 0.05) is 17.4 Å². The van der Waals surface area contributed by atoms with E-state index in [1.54, 1.807) is 36.4 Å². The Bertz CT molecular complexity index is 1450. The summed E-state index contributed by atoms with van der Waals surface area (Å²) in [4.78, 5) is 31.0. The van der Waals surface area contributed by atoms with Gasteiger partial charge in [0.2, 0.25) is 0 Å². The molecule has 1 fully saturated rings. The van der Waals surface area contributed by atoms with Gasteiger partial charge in [-0.1, -0.05) is 42.8 Å². The molecule has 1 heterocycles. The fourth-order valence-corrected chi connectivity index (χ4v) is 5.28. The van der Waals surface area contributed by atoms with Crippen LogP contribution in [0.4, 0.5) is 8.78 Å². The predicted octanol–water partition coefficient (Wildman–Crippen LogP) is 5.63. The van der Waals surface area contributed by atoms with Crippen molar-refractivity contribution in [2.45, 2.75) is 42.6 Å². The molecular formula is C27H23F2N3O2S. The Kier molecular flexibility index (Phi) is 6.63. The molecule has 35 heavy (non-hydrogen) atoms. The van der Waals surface area contributed by atoms with Crippen LogP contribution in [0.1, 0.15) is 41.6 Å². The van der Waals surface area contributed by atoms with Crippen LogP contribution in [0.5, 0.6) is 0 Å². The second-order valence-corrected chi connectivity index (χ2v) is 9.56. The van der Waals surface area contributed by atoms with Crippen molar-refractivity contribution in [2.75, 3.05) is 0 Å². The fraction of sp³-hybridized carbons (Fsp3) is 0.222. The molecule has 1 amide bonds. The number of benzene rings is 3. The van der Waals surface area contributed by atoms with Crippen molar-refractivity contribution < 1.29 is 13.6 Å². The standard InChI is InChI=1S/C27H23F2N3O2S/c28-19-11-8-17(9-12-19)16-35-27-31-24-14-18(25(33)30-21-5-1-2-6-21)10-13-23(24)26(34)32(27)22-7-3-4-20(29)15-22/h3-4,7-15,21H,1-2,5-6,16H2,(H,30,33). The molecule has 0 atom stereocenters. The van der Waals surface area contributed by atoms with Crippen LogP contribution in [-0.4, -0.2) is 21.5 Å². The Morgan fingerprint density at radius 1 is 1.00 bits per heavy atom. The maximum absolute atomic E-state index is 14.0. The normalized spacial score (nSPS) is 13.9. The molecule has 0 aliphatic heterocycles. The van der Waals surface area contributed by atoms with Gasteiger partial charge in [-0.3, -0.25) is 14.2 Å². The van der Waals surface area contributed by atoms with Crippen molar-refractivity contribution in [1.29, 1.82) is 0 Å². The average molecular weight is 492 g/mol. The molecule has 0 radical (unpaired) electrons. The van der Waals surface area contributed by atoms with Crippen molar-refractivity contribution in [1.82, 2.24) is 14.9 Å². The van der Waals surface area contributed by atoms with Crippen LogP contribution in [-0.2, 0) is 5.75 Å². The summed E-state index contributed by atoms with van der Waals surface area (Å²) in [5, 5.41) is 3.74. The zero-order valence-corrected chi connectivity index (χ0v) is 19.7.